The molecule has 1 aliphatic rings. The van der Waals surface area contributed by atoms with E-state index in [2.05, 4.69) is 10.6 Å². The number of thiophene rings is 1. The number of piperidine rings is 1. The molecule has 132 valence electrons. The second-order valence-electron chi connectivity index (χ2n) is 6.07. The minimum absolute atomic E-state index is 0.0381. The van der Waals surface area contributed by atoms with E-state index in [-0.39, 0.29) is 23.6 Å². The van der Waals surface area contributed by atoms with Crippen LogP contribution in [0.15, 0.2) is 17.5 Å². The molecule has 0 bridgehead atoms. The number of likely N-dealkylation sites (tertiary alicyclic amines) is 1. The first-order valence-electron chi connectivity index (χ1n) is 8.43. The van der Waals surface area contributed by atoms with E-state index >= 15 is 0 Å². The number of carbonyl (C=O) groups is 3. The molecule has 1 atom stereocenters. The van der Waals surface area contributed by atoms with Gasteiger partial charge in [-0.25, -0.2) is 0 Å². The molecular weight excluding hydrogens is 326 g/mol. The fourth-order valence-corrected chi connectivity index (χ4v) is 3.39. The van der Waals surface area contributed by atoms with Gasteiger partial charge in [-0.15, -0.1) is 11.3 Å². The summed E-state index contributed by atoms with van der Waals surface area (Å²) in [5.74, 6) is -0.358. The first kappa shape index (κ1) is 18.4. The lowest BCUT2D eigenvalue weighted by molar-refractivity contribution is -0.131. The molecule has 0 radical (unpaired) electrons. The smallest absolute Gasteiger partial charge is 0.263 e. The average Bonchev–Trinajstić information content (AvgIpc) is 3.13. The quantitative estimate of drug-likeness (QED) is 0.818. The Hall–Kier alpha value is -1.89. The highest BCUT2D eigenvalue weighted by Gasteiger charge is 2.29. The maximum Gasteiger partial charge on any atom is 0.263 e. The lowest BCUT2D eigenvalue weighted by atomic mass is 9.95. The van der Waals surface area contributed by atoms with E-state index in [9.17, 15) is 14.4 Å². The molecule has 1 aromatic rings. The van der Waals surface area contributed by atoms with E-state index in [1.807, 2.05) is 24.4 Å². The Morgan fingerprint density at radius 1 is 1.33 bits per heavy atom. The molecule has 7 heteroatoms. The van der Waals surface area contributed by atoms with Crippen LogP contribution in [0.2, 0.25) is 0 Å². The lowest BCUT2D eigenvalue weighted by Crippen LogP contribution is -2.49. The van der Waals surface area contributed by atoms with Crippen molar-refractivity contribution < 1.29 is 14.4 Å². The van der Waals surface area contributed by atoms with Crippen molar-refractivity contribution >= 4 is 29.1 Å². The third-order valence-corrected chi connectivity index (χ3v) is 5.04. The number of amides is 3. The molecule has 0 spiro atoms. The maximum absolute atomic E-state index is 12.3. The lowest BCUT2D eigenvalue weighted by Gasteiger charge is -2.31. The molecule has 1 unspecified atom stereocenters. The van der Waals surface area contributed by atoms with Crippen LogP contribution < -0.4 is 10.6 Å². The molecule has 1 aliphatic heterocycles. The van der Waals surface area contributed by atoms with Gasteiger partial charge < -0.3 is 15.5 Å². The van der Waals surface area contributed by atoms with Crippen LogP contribution in [0.4, 0.5) is 0 Å². The number of hydrogen-bond donors (Lipinski definition) is 2. The van der Waals surface area contributed by atoms with Crippen LogP contribution in [-0.2, 0) is 9.59 Å². The van der Waals surface area contributed by atoms with Gasteiger partial charge in [-0.2, -0.15) is 0 Å². The minimum Gasteiger partial charge on any atom is -0.354 e. The highest BCUT2D eigenvalue weighted by molar-refractivity contribution is 7.12. The van der Waals surface area contributed by atoms with Crippen molar-refractivity contribution in [3.63, 3.8) is 0 Å². The highest BCUT2D eigenvalue weighted by atomic mass is 32.1. The predicted molar refractivity (Wildman–Crippen MR) is 93.9 cm³/mol. The van der Waals surface area contributed by atoms with Crippen molar-refractivity contribution in [2.24, 2.45) is 5.92 Å². The zero-order valence-corrected chi connectivity index (χ0v) is 15.0. The topological polar surface area (TPSA) is 78.5 Å². The van der Waals surface area contributed by atoms with E-state index < -0.39 is 6.04 Å². The van der Waals surface area contributed by atoms with Crippen LogP contribution in [0.5, 0.6) is 0 Å². The molecule has 0 aromatic carbocycles. The Kier molecular flexibility index (Phi) is 6.78. The minimum atomic E-state index is -0.533. The van der Waals surface area contributed by atoms with Gasteiger partial charge in [-0.1, -0.05) is 13.0 Å². The van der Waals surface area contributed by atoms with E-state index in [1.54, 1.807) is 11.8 Å². The van der Waals surface area contributed by atoms with Crippen molar-refractivity contribution in [3.8, 4) is 0 Å². The molecule has 0 aliphatic carbocycles. The molecule has 0 saturated carbocycles. The van der Waals surface area contributed by atoms with Gasteiger partial charge in [0.1, 0.15) is 6.04 Å². The zero-order valence-electron chi connectivity index (χ0n) is 14.2. The number of carbonyl (C=O) groups excluding carboxylic acids is 3. The van der Waals surface area contributed by atoms with Crippen LogP contribution in [0.1, 0.15) is 42.8 Å². The Morgan fingerprint density at radius 2 is 2.04 bits per heavy atom. The van der Waals surface area contributed by atoms with Gasteiger partial charge >= 0.3 is 0 Å². The zero-order chi connectivity index (χ0) is 17.5. The molecule has 1 aromatic heterocycles. The molecule has 6 nitrogen and oxygen atoms in total. The van der Waals surface area contributed by atoms with Crippen LogP contribution in [0.25, 0.3) is 0 Å². The van der Waals surface area contributed by atoms with Crippen molar-refractivity contribution in [1.82, 2.24) is 15.5 Å². The standard InChI is InChI=1S/C17H25N3O3S/c1-3-8-18-15(21)12(2)19-16(22)13-6-9-20(10-7-13)17(23)14-5-4-11-24-14/h4-5,11-13H,3,6-10H2,1-2H3,(H,18,21)(H,19,22). The molecule has 1 fully saturated rings. The van der Waals surface area contributed by atoms with Crippen LogP contribution >= 0.6 is 11.3 Å². The van der Waals surface area contributed by atoms with Gasteiger partial charge in [-0.3, -0.25) is 14.4 Å². The van der Waals surface area contributed by atoms with E-state index in [0.29, 0.717) is 32.5 Å². The number of rotatable bonds is 6. The van der Waals surface area contributed by atoms with Gasteiger partial charge in [0.05, 0.1) is 4.88 Å². The Balaban J connectivity index is 1.78. The van der Waals surface area contributed by atoms with Gasteiger partial charge in [-0.05, 0) is 37.6 Å². The van der Waals surface area contributed by atoms with Gasteiger partial charge in [0.2, 0.25) is 11.8 Å². The number of nitrogens with zero attached hydrogens (tertiary/aromatic N) is 1. The summed E-state index contributed by atoms with van der Waals surface area (Å²) in [5, 5.41) is 7.44. The van der Waals surface area contributed by atoms with Crippen LogP contribution in [0, 0.1) is 5.92 Å². The second kappa shape index (κ2) is 8.82. The molecule has 3 amide bonds. The molecular formula is C17H25N3O3S. The van der Waals surface area contributed by atoms with Gasteiger partial charge in [0, 0.05) is 25.6 Å². The van der Waals surface area contributed by atoms with Crippen molar-refractivity contribution in [3.05, 3.63) is 22.4 Å². The maximum atomic E-state index is 12.3. The molecule has 1 saturated heterocycles. The van der Waals surface area contributed by atoms with Crippen LogP contribution in [0.3, 0.4) is 0 Å². The van der Waals surface area contributed by atoms with Gasteiger partial charge in [0.15, 0.2) is 0 Å². The van der Waals surface area contributed by atoms with Crippen molar-refractivity contribution in [2.45, 2.75) is 39.2 Å². The summed E-state index contributed by atoms with van der Waals surface area (Å²) in [4.78, 5) is 38.9. The van der Waals surface area contributed by atoms with E-state index in [0.717, 1.165) is 11.3 Å². The summed E-state index contributed by atoms with van der Waals surface area (Å²) < 4.78 is 0. The second-order valence-corrected chi connectivity index (χ2v) is 7.01. The average molecular weight is 351 g/mol. The summed E-state index contributed by atoms with van der Waals surface area (Å²) >= 11 is 1.43. The van der Waals surface area contributed by atoms with Crippen LogP contribution in [-0.4, -0.2) is 48.3 Å². The largest absolute Gasteiger partial charge is 0.354 e. The predicted octanol–water partition coefficient (Wildman–Crippen LogP) is 1.63. The van der Waals surface area contributed by atoms with Crippen molar-refractivity contribution in [1.29, 1.82) is 0 Å². The first-order chi connectivity index (χ1) is 11.5. The Morgan fingerprint density at radius 3 is 2.62 bits per heavy atom. The molecule has 2 rings (SSSR count). The summed E-state index contributed by atoms with van der Waals surface area (Å²) in [6.07, 6.45) is 2.13. The third-order valence-electron chi connectivity index (χ3n) is 4.19. The summed E-state index contributed by atoms with van der Waals surface area (Å²) in [5.41, 5.74) is 0. The van der Waals surface area contributed by atoms with Crippen molar-refractivity contribution in [2.75, 3.05) is 19.6 Å². The summed E-state index contributed by atoms with van der Waals surface area (Å²) in [6, 6.07) is 3.15. The highest BCUT2D eigenvalue weighted by Crippen LogP contribution is 2.21. The molecule has 2 heterocycles. The van der Waals surface area contributed by atoms with Gasteiger partial charge in [0.25, 0.3) is 5.91 Å². The fourth-order valence-electron chi connectivity index (χ4n) is 2.70. The SMILES string of the molecule is CCCNC(=O)C(C)NC(=O)C1CCN(C(=O)c2cccs2)CC1. The number of hydrogen-bond acceptors (Lipinski definition) is 4. The molecule has 2 N–H and O–H groups in total. The van der Waals surface area contributed by atoms with E-state index in [1.165, 1.54) is 11.3 Å². The molecule has 24 heavy (non-hydrogen) atoms. The Labute approximate surface area is 146 Å². The monoisotopic (exact) mass is 351 g/mol. The summed E-state index contributed by atoms with van der Waals surface area (Å²) in [6.45, 7) is 5.44. The number of nitrogens with one attached hydrogen (secondary N) is 2. The van der Waals surface area contributed by atoms with E-state index in [4.69, 9.17) is 0 Å². The third kappa shape index (κ3) is 4.80. The fraction of sp³-hybridized carbons (Fsp3) is 0.588. The summed E-state index contributed by atoms with van der Waals surface area (Å²) in [7, 11) is 0. The normalized spacial score (nSPS) is 16.5. The first-order valence-corrected chi connectivity index (χ1v) is 9.31. The Bertz CT molecular complexity index is 566.